The van der Waals surface area contributed by atoms with Crippen LogP contribution < -0.4 is 10.2 Å². The van der Waals surface area contributed by atoms with E-state index in [-0.39, 0.29) is 11.8 Å². The number of hydrogen-bond donors (Lipinski definition) is 1. The summed E-state index contributed by atoms with van der Waals surface area (Å²) in [4.78, 5) is 26.9. The Balaban J connectivity index is 1.46. The van der Waals surface area contributed by atoms with Crippen molar-refractivity contribution in [3.05, 3.63) is 52.4 Å². The first-order valence-electron chi connectivity index (χ1n) is 10.9. The molecule has 4 rings (SSSR count). The van der Waals surface area contributed by atoms with Crippen LogP contribution in [0.25, 0.3) is 0 Å². The van der Waals surface area contributed by atoms with E-state index in [0.717, 1.165) is 35.9 Å². The van der Waals surface area contributed by atoms with Crippen molar-refractivity contribution in [3.63, 3.8) is 0 Å². The van der Waals surface area contributed by atoms with Crippen LogP contribution in [0, 0.1) is 0 Å². The minimum absolute atomic E-state index is 0.173. The van der Waals surface area contributed by atoms with E-state index in [2.05, 4.69) is 41.0 Å². The van der Waals surface area contributed by atoms with Crippen LogP contribution in [-0.2, 0) is 10.5 Å². The molecular weight excluding hydrogens is 430 g/mol. The average Bonchev–Trinajstić information content (AvgIpc) is 3.16. The summed E-state index contributed by atoms with van der Waals surface area (Å²) in [7, 11) is 0. The smallest absolute Gasteiger partial charge is 0.231 e. The summed E-state index contributed by atoms with van der Waals surface area (Å²) in [6.45, 7) is 10.0. The monoisotopic (exact) mass is 459 g/mol. The van der Waals surface area contributed by atoms with Gasteiger partial charge < -0.3 is 15.1 Å². The number of rotatable bonds is 6. The lowest BCUT2D eigenvalue weighted by atomic mass is 9.96. The number of aromatic nitrogens is 2. The molecule has 2 atom stereocenters. The highest BCUT2D eigenvalue weighted by Gasteiger charge is 2.32. The van der Waals surface area contributed by atoms with Crippen molar-refractivity contribution in [2.45, 2.75) is 43.7 Å². The van der Waals surface area contributed by atoms with Crippen LogP contribution in [0.5, 0.6) is 0 Å². The van der Waals surface area contributed by atoms with Crippen molar-refractivity contribution in [2.24, 2.45) is 0 Å². The average molecular weight is 460 g/mol. The molecule has 2 aliphatic rings. The highest BCUT2D eigenvalue weighted by atomic mass is 35.5. The van der Waals surface area contributed by atoms with Gasteiger partial charge in [-0.25, -0.2) is 9.97 Å². The fourth-order valence-electron chi connectivity index (χ4n) is 4.25. The molecule has 0 bridgehead atoms. The number of amides is 1. The van der Waals surface area contributed by atoms with Crippen molar-refractivity contribution in [1.82, 2.24) is 20.2 Å². The molecule has 0 unspecified atom stereocenters. The van der Waals surface area contributed by atoms with Gasteiger partial charge in [-0.2, -0.15) is 0 Å². The molecule has 3 heterocycles. The third-order valence-electron chi connectivity index (χ3n) is 6.01. The Bertz CT molecular complexity index is 915. The first-order chi connectivity index (χ1) is 14.9. The number of benzene rings is 1. The molecule has 1 aromatic heterocycles. The van der Waals surface area contributed by atoms with E-state index in [1.165, 1.54) is 5.56 Å². The Hall–Kier alpha value is -1.83. The molecule has 1 aromatic carbocycles. The van der Waals surface area contributed by atoms with Crippen LogP contribution in [0.3, 0.4) is 0 Å². The largest absolute Gasteiger partial charge is 0.353 e. The number of nitrogens with zero attached hydrogens (tertiary/aromatic N) is 4. The van der Waals surface area contributed by atoms with Gasteiger partial charge in [0.2, 0.25) is 5.91 Å². The second kappa shape index (κ2) is 9.76. The van der Waals surface area contributed by atoms with Crippen LogP contribution in [0.2, 0.25) is 5.02 Å². The molecule has 0 saturated carbocycles. The van der Waals surface area contributed by atoms with Gasteiger partial charge in [0.25, 0.3) is 0 Å². The molecule has 0 aliphatic carbocycles. The normalized spacial score (nSPS) is 19.6. The minimum Gasteiger partial charge on any atom is -0.353 e. The Morgan fingerprint density at radius 1 is 1.19 bits per heavy atom. The first-order valence-corrected chi connectivity index (χ1v) is 12.3. The van der Waals surface area contributed by atoms with Crippen LogP contribution in [0.15, 0.2) is 30.6 Å². The van der Waals surface area contributed by atoms with E-state index in [4.69, 9.17) is 11.6 Å². The minimum atomic E-state index is -0.217. The lowest BCUT2D eigenvalue weighted by molar-refractivity contribution is -0.133. The van der Waals surface area contributed by atoms with Crippen molar-refractivity contribution in [3.8, 4) is 0 Å². The summed E-state index contributed by atoms with van der Waals surface area (Å²) < 4.78 is 0. The Morgan fingerprint density at radius 3 is 2.58 bits per heavy atom. The summed E-state index contributed by atoms with van der Waals surface area (Å²) in [5, 5.41) is 4.54. The second-order valence-electron chi connectivity index (χ2n) is 8.49. The summed E-state index contributed by atoms with van der Waals surface area (Å²) >= 11 is 7.98. The highest BCUT2D eigenvalue weighted by Crippen LogP contribution is 2.44. The standard InChI is InChI=1S/C23H30ClN5OS/c1-15(2)25-12-19(17-4-6-18(24)7-5-17)23(30)29-10-8-28(9-11-29)22-21-16(3)31-13-20(21)26-14-27-22/h4-7,14-16,19,25H,8-13H2,1-3H3/t16-,19-/m0/s1. The van der Waals surface area contributed by atoms with Gasteiger partial charge in [0, 0.05) is 60.4 Å². The number of fused-ring (bicyclic) bond motifs is 1. The van der Waals surface area contributed by atoms with Crippen LogP contribution in [-0.4, -0.2) is 59.5 Å². The zero-order valence-corrected chi connectivity index (χ0v) is 19.9. The molecule has 6 nitrogen and oxygen atoms in total. The van der Waals surface area contributed by atoms with Gasteiger partial charge in [-0.1, -0.05) is 37.6 Å². The van der Waals surface area contributed by atoms with Gasteiger partial charge in [-0.05, 0) is 24.6 Å². The van der Waals surface area contributed by atoms with E-state index >= 15 is 0 Å². The maximum atomic E-state index is 13.5. The first kappa shape index (κ1) is 22.4. The summed E-state index contributed by atoms with van der Waals surface area (Å²) in [6.07, 6.45) is 1.68. The predicted octanol–water partition coefficient (Wildman–Crippen LogP) is 3.87. The van der Waals surface area contributed by atoms with Crippen LogP contribution in [0.1, 0.15) is 48.8 Å². The SMILES string of the molecule is CC(C)NC[C@H](C(=O)N1CCN(c2ncnc3c2[C@H](C)SC3)CC1)c1ccc(Cl)cc1. The van der Waals surface area contributed by atoms with E-state index in [0.29, 0.717) is 35.9 Å². The second-order valence-corrected chi connectivity index (χ2v) is 10.3. The number of nitrogens with one attached hydrogen (secondary N) is 1. The lowest BCUT2D eigenvalue weighted by Crippen LogP contribution is -2.51. The third kappa shape index (κ3) is 4.99. The Morgan fingerprint density at radius 2 is 1.90 bits per heavy atom. The van der Waals surface area contributed by atoms with Gasteiger partial charge in [0.1, 0.15) is 12.1 Å². The maximum Gasteiger partial charge on any atom is 0.231 e. The van der Waals surface area contributed by atoms with Gasteiger partial charge in [-0.3, -0.25) is 4.79 Å². The van der Waals surface area contributed by atoms with Crippen molar-refractivity contribution in [1.29, 1.82) is 0 Å². The number of piperazine rings is 1. The van der Waals surface area contributed by atoms with Gasteiger partial charge in [0.15, 0.2) is 0 Å². The molecular formula is C23H30ClN5OS. The molecule has 2 aromatic rings. The zero-order chi connectivity index (χ0) is 22.0. The molecule has 1 amide bonds. The predicted molar refractivity (Wildman–Crippen MR) is 128 cm³/mol. The zero-order valence-electron chi connectivity index (χ0n) is 18.3. The third-order valence-corrected chi connectivity index (χ3v) is 7.44. The molecule has 1 N–H and O–H groups in total. The van der Waals surface area contributed by atoms with Gasteiger partial charge in [0.05, 0.1) is 11.6 Å². The Kier molecular flexibility index (Phi) is 7.04. The molecule has 2 aliphatic heterocycles. The van der Waals surface area contributed by atoms with E-state index in [1.54, 1.807) is 6.33 Å². The van der Waals surface area contributed by atoms with Crippen LogP contribution in [0.4, 0.5) is 5.82 Å². The van der Waals surface area contributed by atoms with E-state index in [9.17, 15) is 4.79 Å². The van der Waals surface area contributed by atoms with Gasteiger partial charge in [-0.15, -0.1) is 11.8 Å². The number of carbonyl (C=O) groups is 1. The summed E-state index contributed by atoms with van der Waals surface area (Å²) in [6, 6.07) is 7.97. The number of hydrogen-bond acceptors (Lipinski definition) is 6. The highest BCUT2D eigenvalue weighted by molar-refractivity contribution is 7.99. The summed E-state index contributed by atoms with van der Waals surface area (Å²) in [5.74, 6) is 1.96. The molecule has 166 valence electrons. The van der Waals surface area contributed by atoms with Crippen molar-refractivity contribution < 1.29 is 4.79 Å². The maximum absolute atomic E-state index is 13.5. The molecule has 1 saturated heterocycles. The topological polar surface area (TPSA) is 61.4 Å². The Labute approximate surface area is 193 Å². The van der Waals surface area contributed by atoms with E-state index < -0.39 is 0 Å². The van der Waals surface area contributed by atoms with Crippen molar-refractivity contribution >= 4 is 35.1 Å². The van der Waals surface area contributed by atoms with E-state index in [1.807, 2.05) is 40.9 Å². The number of thioether (sulfide) groups is 1. The lowest BCUT2D eigenvalue weighted by Gasteiger charge is -2.38. The van der Waals surface area contributed by atoms with Crippen molar-refractivity contribution in [2.75, 3.05) is 37.6 Å². The fourth-order valence-corrected chi connectivity index (χ4v) is 5.42. The number of anilines is 1. The summed E-state index contributed by atoms with van der Waals surface area (Å²) in [5.41, 5.74) is 3.43. The molecule has 8 heteroatoms. The molecule has 31 heavy (non-hydrogen) atoms. The molecule has 0 radical (unpaired) electrons. The van der Waals surface area contributed by atoms with Gasteiger partial charge >= 0.3 is 0 Å². The number of carbonyl (C=O) groups excluding carboxylic acids is 1. The molecule has 0 spiro atoms. The molecule has 1 fully saturated rings. The fraction of sp³-hybridized carbons (Fsp3) is 0.522. The quantitative estimate of drug-likeness (QED) is 0.707. The van der Waals surface area contributed by atoms with Crippen LogP contribution >= 0.6 is 23.4 Å². The number of halogens is 1.